The van der Waals surface area contributed by atoms with Crippen molar-refractivity contribution in [2.45, 2.75) is 46.3 Å². The van der Waals surface area contributed by atoms with Crippen LogP contribution >= 0.6 is 0 Å². The molecule has 1 aromatic heterocycles. The van der Waals surface area contributed by atoms with Gasteiger partial charge in [0.15, 0.2) is 0 Å². The summed E-state index contributed by atoms with van der Waals surface area (Å²) in [6.45, 7) is 10.4. The Bertz CT molecular complexity index is 567. The first-order chi connectivity index (χ1) is 9.85. The topological polar surface area (TPSA) is 28.4 Å². The molecule has 0 bridgehead atoms. The Morgan fingerprint density at radius 2 is 1.95 bits per heavy atom. The zero-order chi connectivity index (χ0) is 15.5. The highest BCUT2D eigenvalue weighted by Crippen LogP contribution is 2.20. The van der Waals surface area contributed by atoms with Crippen LogP contribution in [0.5, 0.6) is 0 Å². The Kier molecular flexibility index (Phi) is 4.73. The zero-order valence-corrected chi connectivity index (χ0v) is 13.7. The third-order valence-electron chi connectivity index (χ3n) is 3.55. The lowest BCUT2D eigenvalue weighted by atomic mass is 10.0. The lowest BCUT2D eigenvalue weighted by Crippen LogP contribution is -2.35. The minimum atomic E-state index is 0.140. The average molecular weight is 286 g/mol. The lowest BCUT2D eigenvalue weighted by molar-refractivity contribution is 0.424. The fraction of sp³-hybridized carbons (Fsp3) is 0.444. The molecule has 21 heavy (non-hydrogen) atoms. The molecule has 114 valence electrons. The quantitative estimate of drug-likeness (QED) is 0.896. The van der Waals surface area contributed by atoms with Gasteiger partial charge >= 0.3 is 0 Å². The second kappa shape index (κ2) is 6.35. The maximum absolute atomic E-state index is 5.40. The molecule has 3 nitrogen and oxygen atoms in total. The molecular formula is C18H26N2O. The van der Waals surface area contributed by atoms with E-state index in [0.29, 0.717) is 0 Å². The maximum Gasteiger partial charge on any atom is 0.123 e. The van der Waals surface area contributed by atoms with Crippen LogP contribution < -0.4 is 10.2 Å². The van der Waals surface area contributed by atoms with E-state index in [0.717, 1.165) is 18.8 Å². The summed E-state index contributed by atoms with van der Waals surface area (Å²) in [5, 5.41) is 3.54. The maximum atomic E-state index is 5.40. The number of furan rings is 1. The monoisotopic (exact) mass is 286 g/mol. The summed E-state index contributed by atoms with van der Waals surface area (Å²) in [4.78, 5) is 2.20. The molecule has 0 aliphatic carbocycles. The standard InChI is InChI=1S/C18H26N2O/c1-14-11-16(20(5)13-17-7-6-10-21-17)9-8-15(14)12-19-18(2,3)4/h6-11,19H,12-13H2,1-5H3. The molecule has 1 aromatic carbocycles. The third kappa shape index (κ3) is 4.64. The lowest BCUT2D eigenvalue weighted by Gasteiger charge is -2.23. The van der Waals surface area contributed by atoms with Crippen molar-refractivity contribution in [1.82, 2.24) is 5.32 Å². The van der Waals surface area contributed by atoms with E-state index in [1.807, 2.05) is 12.1 Å². The number of anilines is 1. The molecule has 0 aliphatic rings. The predicted octanol–water partition coefficient (Wildman–Crippen LogP) is 4.11. The van der Waals surface area contributed by atoms with E-state index < -0.39 is 0 Å². The van der Waals surface area contributed by atoms with Gasteiger partial charge in [-0.05, 0) is 63.1 Å². The van der Waals surface area contributed by atoms with Gasteiger partial charge in [0.05, 0.1) is 12.8 Å². The van der Waals surface area contributed by atoms with Gasteiger partial charge in [-0.1, -0.05) is 6.07 Å². The van der Waals surface area contributed by atoms with Gasteiger partial charge in [-0.25, -0.2) is 0 Å². The molecule has 2 rings (SSSR count). The van der Waals surface area contributed by atoms with Crippen LogP contribution in [-0.2, 0) is 13.1 Å². The van der Waals surface area contributed by atoms with Gasteiger partial charge in [-0.15, -0.1) is 0 Å². The smallest absolute Gasteiger partial charge is 0.123 e. The van der Waals surface area contributed by atoms with Crippen molar-refractivity contribution in [1.29, 1.82) is 0 Å². The van der Waals surface area contributed by atoms with Gasteiger partial charge in [0, 0.05) is 24.8 Å². The number of nitrogens with one attached hydrogen (secondary N) is 1. The van der Waals surface area contributed by atoms with Gasteiger partial charge in [0.1, 0.15) is 5.76 Å². The van der Waals surface area contributed by atoms with Crippen LogP contribution in [0.1, 0.15) is 37.7 Å². The Hall–Kier alpha value is -1.74. The van der Waals surface area contributed by atoms with Crippen molar-refractivity contribution in [2.75, 3.05) is 11.9 Å². The zero-order valence-electron chi connectivity index (χ0n) is 13.7. The molecule has 0 aliphatic heterocycles. The van der Waals surface area contributed by atoms with Crippen LogP contribution in [0.15, 0.2) is 41.0 Å². The molecule has 0 amide bonds. The summed E-state index contributed by atoms with van der Waals surface area (Å²) in [5.41, 5.74) is 4.01. The highest BCUT2D eigenvalue weighted by molar-refractivity contribution is 5.50. The second-order valence-electron chi connectivity index (χ2n) is 6.65. The van der Waals surface area contributed by atoms with Crippen molar-refractivity contribution >= 4 is 5.69 Å². The Labute approximate surface area is 128 Å². The van der Waals surface area contributed by atoms with E-state index >= 15 is 0 Å². The molecule has 0 spiro atoms. The number of rotatable bonds is 5. The molecule has 2 aromatic rings. The predicted molar refractivity (Wildman–Crippen MR) is 88.6 cm³/mol. The van der Waals surface area contributed by atoms with Gasteiger partial charge in [0.2, 0.25) is 0 Å². The second-order valence-corrected chi connectivity index (χ2v) is 6.65. The first-order valence-corrected chi connectivity index (χ1v) is 7.43. The first kappa shape index (κ1) is 15.6. The number of hydrogen-bond acceptors (Lipinski definition) is 3. The number of hydrogen-bond donors (Lipinski definition) is 1. The Morgan fingerprint density at radius 3 is 2.52 bits per heavy atom. The van der Waals surface area contributed by atoms with Crippen LogP contribution in [0.3, 0.4) is 0 Å². The molecular weight excluding hydrogens is 260 g/mol. The van der Waals surface area contributed by atoms with Crippen LogP contribution in [0.2, 0.25) is 0 Å². The molecule has 0 saturated carbocycles. The van der Waals surface area contributed by atoms with Gasteiger partial charge in [-0.3, -0.25) is 0 Å². The highest BCUT2D eigenvalue weighted by atomic mass is 16.3. The van der Waals surface area contributed by atoms with Crippen LogP contribution in [0.4, 0.5) is 5.69 Å². The Morgan fingerprint density at radius 1 is 1.19 bits per heavy atom. The molecule has 1 N–H and O–H groups in total. The molecule has 0 atom stereocenters. The SMILES string of the molecule is Cc1cc(N(C)Cc2ccco2)ccc1CNC(C)(C)C. The fourth-order valence-electron chi connectivity index (χ4n) is 2.20. The first-order valence-electron chi connectivity index (χ1n) is 7.43. The van der Waals surface area contributed by atoms with E-state index in [1.54, 1.807) is 6.26 Å². The molecule has 0 fully saturated rings. The molecule has 3 heteroatoms. The summed E-state index contributed by atoms with van der Waals surface area (Å²) in [5.74, 6) is 0.980. The highest BCUT2D eigenvalue weighted by Gasteiger charge is 2.10. The van der Waals surface area contributed by atoms with E-state index in [1.165, 1.54) is 16.8 Å². The minimum Gasteiger partial charge on any atom is -0.467 e. The van der Waals surface area contributed by atoms with E-state index in [4.69, 9.17) is 4.42 Å². The summed E-state index contributed by atoms with van der Waals surface area (Å²) >= 11 is 0. The molecule has 1 heterocycles. The van der Waals surface area contributed by atoms with Crippen molar-refractivity contribution in [2.24, 2.45) is 0 Å². The average Bonchev–Trinajstić information content (AvgIpc) is 2.89. The van der Waals surface area contributed by atoms with Crippen molar-refractivity contribution in [3.05, 3.63) is 53.5 Å². The van der Waals surface area contributed by atoms with Crippen LogP contribution in [0.25, 0.3) is 0 Å². The van der Waals surface area contributed by atoms with Crippen molar-refractivity contribution in [3.63, 3.8) is 0 Å². The van der Waals surface area contributed by atoms with Crippen LogP contribution in [-0.4, -0.2) is 12.6 Å². The minimum absolute atomic E-state index is 0.140. The normalized spacial score (nSPS) is 11.7. The van der Waals surface area contributed by atoms with E-state index in [-0.39, 0.29) is 5.54 Å². The summed E-state index contributed by atoms with van der Waals surface area (Å²) < 4.78 is 5.40. The molecule has 0 saturated heterocycles. The van der Waals surface area contributed by atoms with Gasteiger partial charge in [0.25, 0.3) is 0 Å². The van der Waals surface area contributed by atoms with E-state index in [2.05, 4.69) is 63.2 Å². The molecule has 0 radical (unpaired) electrons. The summed E-state index contributed by atoms with van der Waals surface area (Å²) in [7, 11) is 2.09. The van der Waals surface area contributed by atoms with Crippen molar-refractivity contribution < 1.29 is 4.42 Å². The summed E-state index contributed by atoms with van der Waals surface area (Å²) in [6, 6.07) is 10.6. The van der Waals surface area contributed by atoms with Crippen LogP contribution in [0, 0.1) is 6.92 Å². The third-order valence-corrected chi connectivity index (χ3v) is 3.55. The largest absolute Gasteiger partial charge is 0.467 e. The number of nitrogens with zero attached hydrogens (tertiary/aromatic N) is 1. The van der Waals surface area contributed by atoms with Crippen molar-refractivity contribution in [3.8, 4) is 0 Å². The molecule has 0 unspecified atom stereocenters. The summed E-state index contributed by atoms with van der Waals surface area (Å²) in [6.07, 6.45) is 1.72. The number of benzene rings is 1. The van der Waals surface area contributed by atoms with E-state index in [9.17, 15) is 0 Å². The fourth-order valence-corrected chi connectivity index (χ4v) is 2.20. The number of aryl methyl sites for hydroxylation is 1. The van der Waals surface area contributed by atoms with Gasteiger partial charge < -0.3 is 14.6 Å². The Balaban J connectivity index is 2.04. The van der Waals surface area contributed by atoms with Gasteiger partial charge in [-0.2, -0.15) is 0 Å².